The third-order valence-corrected chi connectivity index (χ3v) is 4.53. The lowest BCUT2D eigenvalue weighted by Crippen LogP contribution is -2.46. The van der Waals surface area contributed by atoms with Crippen molar-refractivity contribution < 1.29 is 8.42 Å². The minimum absolute atomic E-state index is 0.307. The Hall–Kier alpha value is 0.0500. The van der Waals surface area contributed by atoms with Crippen molar-refractivity contribution in [2.24, 2.45) is 0 Å². The lowest BCUT2D eigenvalue weighted by molar-refractivity contribution is 0.484. The van der Waals surface area contributed by atoms with Crippen LogP contribution in [-0.4, -0.2) is 14.0 Å². The highest BCUT2D eigenvalue weighted by Crippen LogP contribution is 2.21. The summed E-state index contributed by atoms with van der Waals surface area (Å²) >= 11 is 4.84. The number of rotatable bonds is 4. The molecule has 7 heteroatoms. The fourth-order valence-electron chi connectivity index (χ4n) is 1.05. The zero-order valence-corrected chi connectivity index (χ0v) is 12.6. The lowest BCUT2D eigenvalue weighted by Gasteiger charge is -2.20. The second kappa shape index (κ2) is 5.14. The van der Waals surface area contributed by atoms with Gasteiger partial charge in [-0.25, -0.2) is 0 Å². The van der Waals surface area contributed by atoms with Gasteiger partial charge in [-0.05, 0) is 48.8 Å². The van der Waals surface area contributed by atoms with E-state index in [-0.39, 0.29) is 0 Å². The first-order valence-corrected chi connectivity index (χ1v) is 7.80. The van der Waals surface area contributed by atoms with Crippen LogP contribution in [-0.2, 0) is 16.8 Å². The second-order valence-corrected chi connectivity index (χ2v) is 8.43. The van der Waals surface area contributed by atoms with Crippen LogP contribution in [0.1, 0.15) is 25.6 Å². The SMILES string of the molecule is CC(C)(C)NS(=O)(=O)NCc1ccc(Br)s1. The van der Waals surface area contributed by atoms with Gasteiger partial charge in [0.15, 0.2) is 0 Å². The Labute approximate surface area is 109 Å². The Morgan fingerprint density at radius 2 is 2.00 bits per heavy atom. The normalized spacial score (nSPS) is 13.0. The number of hydrogen-bond acceptors (Lipinski definition) is 3. The van der Waals surface area contributed by atoms with Crippen LogP contribution in [0.4, 0.5) is 0 Å². The molecule has 2 N–H and O–H groups in total. The van der Waals surface area contributed by atoms with Crippen LogP contribution in [0.3, 0.4) is 0 Å². The molecule has 0 radical (unpaired) electrons. The fourth-order valence-corrected chi connectivity index (χ4v) is 3.79. The lowest BCUT2D eigenvalue weighted by atomic mass is 10.1. The Balaban J connectivity index is 2.55. The van der Waals surface area contributed by atoms with Crippen molar-refractivity contribution >= 4 is 37.5 Å². The molecule has 4 nitrogen and oxygen atoms in total. The summed E-state index contributed by atoms with van der Waals surface area (Å²) < 4.78 is 29.2. The van der Waals surface area contributed by atoms with Gasteiger partial charge in [0, 0.05) is 17.0 Å². The van der Waals surface area contributed by atoms with Crippen molar-refractivity contribution in [1.82, 2.24) is 9.44 Å². The van der Waals surface area contributed by atoms with E-state index in [1.54, 1.807) is 20.8 Å². The number of nitrogens with one attached hydrogen (secondary N) is 2. The zero-order chi connectivity index (χ0) is 12.4. The third-order valence-electron chi connectivity index (χ3n) is 1.51. The molecular weight excluding hydrogens is 312 g/mol. The first-order valence-electron chi connectivity index (χ1n) is 4.71. The van der Waals surface area contributed by atoms with Gasteiger partial charge in [0.25, 0.3) is 10.2 Å². The minimum Gasteiger partial charge on any atom is -0.197 e. The maximum atomic E-state index is 11.6. The molecule has 92 valence electrons. The number of thiophene rings is 1. The highest BCUT2D eigenvalue weighted by Gasteiger charge is 2.19. The summed E-state index contributed by atoms with van der Waals surface area (Å²) in [5, 5.41) is 0. The van der Waals surface area contributed by atoms with Crippen molar-refractivity contribution in [3.05, 3.63) is 20.8 Å². The van der Waals surface area contributed by atoms with Gasteiger partial charge in [0.1, 0.15) is 0 Å². The molecule has 0 saturated carbocycles. The van der Waals surface area contributed by atoms with E-state index in [0.29, 0.717) is 6.54 Å². The van der Waals surface area contributed by atoms with Gasteiger partial charge in [-0.2, -0.15) is 17.9 Å². The standard InChI is InChI=1S/C9H15BrN2O2S2/c1-9(2,3)12-16(13,14)11-6-7-4-5-8(10)15-7/h4-5,11-12H,6H2,1-3H3. The van der Waals surface area contributed by atoms with E-state index in [9.17, 15) is 8.42 Å². The average Bonchev–Trinajstić information content (AvgIpc) is 2.44. The maximum absolute atomic E-state index is 11.6. The Bertz CT molecular complexity index is 448. The average molecular weight is 327 g/mol. The Kier molecular flexibility index (Phi) is 4.53. The van der Waals surface area contributed by atoms with E-state index in [0.717, 1.165) is 8.66 Å². The first-order chi connectivity index (χ1) is 7.18. The molecule has 1 heterocycles. The molecular formula is C9H15BrN2O2S2. The molecule has 0 saturated heterocycles. The van der Waals surface area contributed by atoms with Crippen LogP contribution in [0.5, 0.6) is 0 Å². The zero-order valence-electron chi connectivity index (χ0n) is 9.37. The highest BCUT2D eigenvalue weighted by molar-refractivity contribution is 9.11. The summed E-state index contributed by atoms with van der Waals surface area (Å²) in [6.45, 7) is 5.71. The Morgan fingerprint density at radius 1 is 1.38 bits per heavy atom. The van der Waals surface area contributed by atoms with Crippen molar-refractivity contribution in [3.63, 3.8) is 0 Å². The molecule has 0 atom stereocenters. The first kappa shape index (κ1) is 14.1. The van der Waals surface area contributed by atoms with Gasteiger partial charge < -0.3 is 0 Å². The summed E-state index contributed by atoms with van der Waals surface area (Å²) in [6.07, 6.45) is 0. The molecule has 0 bridgehead atoms. The van der Waals surface area contributed by atoms with Gasteiger partial charge in [-0.15, -0.1) is 11.3 Å². The molecule has 0 aliphatic rings. The summed E-state index contributed by atoms with van der Waals surface area (Å²) in [5.41, 5.74) is -0.470. The van der Waals surface area contributed by atoms with E-state index in [1.807, 2.05) is 12.1 Å². The van der Waals surface area contributed by atoms with E-state index in [2.05, 4.69) is 25.4 Å². The van der Waals surface area contributed by atoms with Gasteiger partial charge in [-0.1, -0.05) is 0 Å². The quantitative estimate of drug-likeness (QED) is 0.891. The smallest absolute Gasteiger partial charge is 0.197 e. The van der Waals surface area contributed by atoms with Crippen molar-refractivity contribution in [2.45, 2.75) is 32.9 Å². The van der Waals surface area contributed by atoms with Gasteiger partial charge in [0.05, 0.1) is 3.79 Å². The topological polar surface area (TPSA) is 58.2 Å². The second-order valence-electron chi connectivity index (χ2n) is 4.38. The molecule has 0 aliphatic heterocycles. The van der Waals surface area contributed by atoms with Crippen LogP contribution in [0, 0.1) is 0 Å². The summed E-state index contributed by atoms with van der Waals surface area (Å²) in [5.74, 6) is 0. The molecule has 0 spiro atoms. The fraction of sp³-hybridized carbons (Fsp3) is 0.556. The van der Waals surface area contributed by atoms with Crippen LogP contribution in [0.25, 0.3) is 0 Å². The summed E-state index contributed by atoms with van der Waals surface area (Å²) in [7, 11) is -3.44. The predicted octanol–water partition coefficient (Wildman–Crippen LogP) is 2.23. The summed E-state index contributed by atoms with van der Waals surface area (Å²) in [4.78, 5) is 0.964. The van der Waals surface area contributed by atoms with E-state index in [1.165, 1.54) is 11.3 Å². The van der Waals surface area contributed by atoms with Crippen LogP contribution in [0.15, 0.2) is 15.9 Å². The van der Waals surface area contributed by atoms with Gasteiger partial charge in [0.2, 0.25) is 0 Å². The van der Waals surface area contributed by atoms with E-state index >= 15 is 0 Å². The third kappa shape index (κ3) is 5.40. The number of halogens is 1. The molecule has 0 amide bonds. The monoisotopic (exact) mass is 326 g/mol. The minimum atomic E-state index is -3.44. The maximum Gasteiger partial charge on any atom is 0.277 e. The molecule has 1 aromatic rings. The van der Waals surface area contributed by atoms with E-state index in [4.69, 9.17) is 0 Å². The summed E-state index contributed by atoms with van der Waals surface area (Å²) in [6, 6.07) is 3.78. The molecule has 16 heavy (non-hydrogen) atoms. The molecule has 0 unspecified atom stereocenters. The van der Waals surface area contributed by atoms with Crippen LogP contribution in [0.2, 0.25) is 0 Å². The van der Waals surface area contributed by atoms with Crippen molar-refractivity contribution in [2.75, 3.05) is 0 Å². The number of hydrogen-bond donors (Lipinski definition) is 2. The van der Waals surface area contributed by atoms with Crippen molar-refractivity contribution in [1.29, 1.82) is 0 Å². The molecule has 0 fully saturated rings. The largest absolute Gasteiger partial charge is 0.277 e. The Morgan fingerprint density at radius 3 is 2.44 bits per heavy atom. The van der Waals surface area contributed by atoms with Crippen LogP contribution < -0.4 is 9.44 Å². The predicted molar refractivity (Wildman–Crippen MR) is 70.7 cm³/mol. The highest BCUT2D eigenvalue weighted by atomic mass is 79.9. The molecule has 0 aliphatic carbocycles. The molecule has 1 aromatic heterocycles. The van der Waals surface area contributed by atoms with Gasteiger partial charge >= 0.3 is 0 Å². The van der Waals surface area contributed by atoms with Crippen LogP contribution >= 0.6 is 27.3 Å². The molecule has 0 aromatic carbocycles. The van der Waals surface area contributed by atoms with Gasteiger partial charge in [-0.3, -0.25) is 0 Å². The van der Waals surface area contributed by atoms with Crippen molar-refractivity contribution in [3.8, 4) is 0 Å². The molecule has 1 rings (SSSR count). The van der Waals surface area contributed by atoms with E-state index < -0.39 is 15.7 Å².